The third kappa shape index (κ3) is 4.61. The molecule has 0 aliphatic carbocycles. The number of carbonyl (C=O) groups is 1. The van der Waals surface area contributed by atoms with Crippen molar-refractivity contribution in [2.75, 3.05) is 11.9 Å². The third-order valence-electron chi connectivity index (χ3n) is 3.15. The van der Waals surface area contributed by atoms with Gasteiger partial charge in [-0.25, -0.2) is 0 Å². The number of nitrogens with one attached hydrogen (secondary N) is 1. The molecule has 0 saturated heterocycles. The van der Waals surface area contributed by atoms with Crippen LogP contribution in [0.15, 0.2) is 48.5 Å². The monoisotopic (exact) mass is 284 g/mol. The molecule has 0 radical (unpaired) electrons. The zero-order valence-electron chi connectivity index (χ0n) is 12.1. The molecule has 2 rings (SSSR count). The predicted molar refractivity (Wildman–Crippen MR) is 84.3 cm³/mol. The summed E-state index contributed by atoms with van der Waals surface area (Å²) in [6, 6.07) is 15.2. The van der Waals surface area contributed by atoms with E-state index in [1.165, 1.54) is 5.56 Å². The molecule has 0 aromatic heterocycles. The van der Waals surface area contributed by atoms with Crippen molar-refractivity contribution in [3.05, 3.63) is 59.7 Å². The molecule has 1 amide bonds. The molecule has 0 saturated carbocycles. The maximum Gasteiger partial charge on any atom is 0.262 e. The largest absolute Gasteiger partial charge is 0.484 e. The molecule has 21 heavy (non-hydrogen) atoms. The summed E-state index contributed by atoms with van der Waals surface area (Å²) in [6.45, 7) is 2.56. The SMILES string of the molecule is CCc1cccc(OCC(=O)Nc2ccc(CN)cc2)c1. The van der Waals surface area contributed by atoms with Crippen molar-refractivity contribution in [3.8, 4) is 5.75 Å². The Hall–Kier alpha value is -2.33. The molecular formula is C17H20N2O2. The van der Waals surface area contributed by atoms with Gasteiger partial charge in [-0.05, 0) is 41.8 Å². The number of aryl methyl sites for hydroxylation is 1. The second-order valence-corrected chi connectivity index (χ2v) is 4.74. The number of benzene rings is 2. The molecule has 0 spiro atoms. The zero-order valence-corrected chi connectivity index (χ0v) is 12.1. The average Bonchev–Trinajstić information content (AvgIpc) is 2.54. The number of nitrogens with two attached hydrogens (primary N) is 1. The highest BCUT2D eigenvalue weighted by molar-refractivity contribution is 5.91. The number of amides is 1. The minimum atomic E-state index is -0.183. The maximum absolute atomic E-state index is 11.8. The van der Waals surface area contributed by atoms with Crippen LogP contribution in [-0.4, -0.2) is 12.5 Å². The highest BCUT2D eigenvalue weighted by atomic mass is 16.5. The van der Waals surface area contributed by atoms with Gasteiger partial charge in [-0.2, -0.15) is 0 Å². The van der Waals surface area contributed by atoms with Crippen molar-refractivity contribution in [3.63, 3.8) is 0 Å². The fourth-order valence-corrected chi connectivity index (χ4v) is 1.93. The van der Waals surface area contributed by atoms with E-state index in [9.17, 15) is 4.79 Å². The lowest BCUT2D eigenvalue weighted by Gasteiger charge is -2.09. The van der Waals surface area contributed by atoms with Crippen molar-refractivity contribution >= 4 is 11.6 Å². The van der Waals surface area contributed by atoms with E-state index < -0.39 is 0 Å². The predicted octanol–water partition coefficient (Wildman–Crippen LogP) is 2.73. The molecule has 3 N–H and O–H groups in total. The molecule has 0 atom stereocenters. The van der Waals surface area contributed by atoms with E-state index in [0.29, 0.717) is 12.3 Å². The smallest absolute Gasteiger partial charge is 0.262 e. The normalized spacial score (nSPS) is 10.2. The van der Waals surface area contributed by atoms with Crippen molar-refractivity contribution in [2.24, 2.45) is 5.73 Å². The van der Waals surface area contributed by atoms with Crippen molar-refractivity contribution < 1.29 is 9.53 Å². The Kier molecular flexibility index (Phi) is 5.35. The van der Waals surface area contributed by atoms with Gasteiger partial charge in [0.25, 0.3) is 5.91 Å². The van der Waals surface area contributed by atoms with Crippen LogP contribution >= 0.6 is 0 Å². The molecule has 2 aromatic rings. The number of hydrogen-bond donors (Lipinski definition) is 2. The van der Waals surface area contributed by atoms with Gasteiger partial charge in [-0.1, -0.05) is 31.2 Å². The van der Waals surface area contributed by atoms with Gasteiger partial charge < -0.3 is 15.8 Å². The van der Waals surface area contributed by atoms with Gasteiger partial charge in [0, 0.05) is 12.2 Å². The van der Waals surface area contributed by atoms with Crippen molar-refractivity contribution in [1.29, 1.82) is 0 Å². The number of ether oxygens (including phenoxy) is 1. The lowest BCUT2D eigenvalue weighted by Crippen LogP contribution is -2.20. The Bertz CT molecular complexity index is 594. The standard InChI is InChI=1S/C17H20N2O2/c1-2-13-4-3-5-16(10-13)21-12-17(20)19-15-8-6-14(11-18)7-9-15/h3-10H,2,11-12,18H2,1H3,(H,19,20). The molecule has 110 valence electrons. The van der Waals surface area contributed by atoms with Gasteiger partial charge in [0.05, 0.1) is 0 Å². The average molecular weight is 284 g/mol. The van der Waals surface area contributed by atoms with Gasteiger partial charge in [-0.3, -0.25) is 4.79 Å². The molecule has 2 aromatic carbocycles. The summed E-state index contributed by atoms with van der Waals surface area (Å²) in [4.78, 5) is 11.8. The van der Waals surface area contributed by atoms with Crippen LogP contribution in [0.2, 0.25) is 0 Å². The number of hydrogen-bond acceptors (Lipinski definition) is 3. The zero-order chi connectivity index (χ0) is 15.1. The van der Waals surface area contributed by atoms with E-state index >= 15 is 0 Å². The first-order valence-electron chi connectivity index (χ1n) is 7.02. The van der Waals surface area contributed by atoms with E-state index in [4.69, 9.17) is 10.5 Å². The molecular weight excluding hydrogens is 264 g/mol. The van der Waals surface area contributed by atoms with E-state index in [-0.39, 0.29) is 12.5 Å². The van der Waals surface area contributed by atoms with Crippen molar-refractivity contribution in [1.82, 2.24) is 0 Å². The van der Waals surface area contributed by atoms with Crippen LogP contribution in [0, 0.1) is 0 Å². The first-order valence-corrected chi connectivity index (χ1v) is 7.02. The summed E-state index contributed by atoms with van der Waals surface area (Å²) in [6.07, 6.45) is 0.941. The van der Waals surface area contributed by atoms with Crippen LogP contribution in [0.5, 0.6) is 5.75 Å². The molecule has 4 heteroatoms. The third-order valence-corrected chi connectivity index (χ3v) is 3.15. The van der Waals surface area contributed by atoms with Gasteiger partial charge in [0.1, 0.15) is 5.75 Å². The number of carbonyl (C=O) groups excluding carboxylic acids is 1. The Morgan fingerprint density at radius 3 is 2.57 bits per heavy atom. The van der Waals surface area contributed by atoms with Crippen LogP contribution in [0.4, 0.5) is 5.69 Å². The van der Waals surface area contributed by atoms with Crippen molar-refractivity contribution in [2.45, 2.75) is 19.9 Å². The fraction of sp³-hybridized carbons (Fsp3) is 0.235. The lowest BCUT2D eigenvalue weighted by molar-refractivity contribution is -0.118. The van der Waals surface area contributed by atoms with Crippen LogP contribution in [-0.2, 0) is 17.8 Å². The highest BCUT2D eigenvalue weighted by Gasteiger charge is 2.04. The molecule has 0 fully saturated rings. The summed E-state index contributed by atoms with van der Waals surface area (Å²) in [5.41, 5.74) is 8.48. The lowest BCUT2D eigenvalue weighted by atomic mass is 10.2. The number of rotatable bonds is 6. The molecule has 0 bridgehead atoms. The molecule has 0 unspecified atom stereocenters. The summed E-state index contributed by atoms with van der Waals surface area (Å²) < 4.78 is 5.50. The Labute approximate surface area is 124 Å². The van der Waals surface area contributed by atoms with E-state index in [1.54, 1.807) is 0 Å². The summed E-state index contributed by atoms with van der Waals surface area (Å²) >= 11 is 0. The van der Waals surface area contributed by atoms with Gasteiger partial charge >= 0.3 is 0 Å². The summed E-state index contributed by atoms with van der Waals surface area (Å²) in [5.74, 6) is 0.528. The van der Waals surface area contributed by atoms with Crippen LogP contribution in [0.3, 0.4) is 0 Å². The van der Waals surface area contributed by atoms with E-state index in [2.05, 4.69) is 12.2 Å². The summed E-state index contributed by atoms with van der Waals surface area (Å²) in [5, 5.41) is 2.79. The molecule has 0 heterocycles. The fourth-order valence-electron chi connectivity index (χ4n) is 1.93. The molecule has 4 nitrogen and oxygen atoms in total. The van der Waals surface area contributed by atoms with E-state index in [1.807, 2.05) is 48.5 Å². The van der Waals surface area contributed by atoms with E-state index in [0.717, 1.165) is 17.7 Å². The Balaban J connectivity index is 1.86. The molecule has 0 aliphatic heterocycles. The summed E-state index contributed by atoms with van der Waals surface area (Å²) in [7, 11) is 0. The quantitative estimate of drug-likeness (QED) is 0.857. The minimum absolute atomic E-state index is 0.00813. The first-order chi connectivity index (χ1) is 10.2. The van der Waals surface area contributed by atoms with Crippen LogP contribution in [0.1, 0.15) is 18.1 Å². The number of anilines is 1. The maximum atomic E-state index is 11.8. The first kappa shape index (κ1) is 15.1. The second kappa shape index (κ2) is 7.45. The van der Waals surface area contributed by atoms with Gasteiger partial charge in [0.2, 0.25) is 0 Å². The topological polar surface area (TPSA) is 64.3 Å². The van der Waals surface area contributed by atoms with Gasteiger partial charge in [0.15, 0.2) is 6.61 Å². The minimum Gasteiger partial charge on any atom is -0.484 e. The van der Waals surface area contributed by atoms with Crippen LogP contribution < -0.4 is 15.8 Å². The second-order valence-electron chi connectivity index (χ2n) is 4.74. The Morgan fingerprint density at radius 2 is 1.90 bits per heavy atom. The van der Waals surface area contributed by atoms with Gasteiger partial charge in [-0.15, -0.1) is 0 Å². The highest BCUT2D eigenvalue weighted by Crippen LogP contribution is 2.14. The Morgan fingerprint density at radius 1 is 1.14 bits per heavy atom. The van der Waals surface area contributed by atoms with Crippen LogP contribution in [0.25, 0.3) is 0 Å². The molecule has 0 aliphatic rings.